The molecule has 2 aromatic carbocycles. The van der Waals surface area contributed by atoms with Gasteiger partial charge in [0.25, 0.3) is 0 Å². The first-order chi connectivity index (χ1) is 14.5. The van der Waals surface area contributed by atoms with Crippen molar-refractivity contribution in [2.45, 2.75) is 55.8 Å². The van der Waals surface area contributed by atoms with Crippen molar-refractivity contribution in [1.29, 1.82) is 0 Å². The molecule has 5 heteroatoms. The van der Waals surface area contributed by atoms with Crippen molar-refractivity contribution < 1.29 is 19.4 Å². The van der Waals surface area contributed by atoms with Crippen LogP contribution >= 0.6 is 0 Å². The summed E-state index contributed by atoms with van der Waals surface area (Å²) in [5.74, 6) is 0.906. The number of hydrogen-bond donors (Lipinski definition) is 1. The molecule has 0 radical (unpaired) electrons. The first-order valence-corrected chi connectivity index (χ1v) is 10.8. The molecule has 0 amide bonds. The van der Waals surface area contributed by atoms with Gasteiger partial charge >= 0.3 is 0 Å². The van der Waals surface area contributed by atoms with E-state index in [-0.39, 0.29) is 17.6 Å². The van der Waals surface area contributed by atoms with E-state index in [2.05, 4.69) is 30.1 Å². The van der Waals surface area contributed by atoms with E-state index in [0.29, 0.717) is 31.6 Å². The zero-order valence-electron chi connectivity index (χ0n) is 17.7. The number of phenols is 1. The van der Waals surface area contributed by atoms with Gasteiger partial charge in [0.15, 0.2) is 11.5 Å². The lowest BCUT2D eigenvalue weighted by molar-refractivity contribution is -0.202. The maximum absolute atomic E-state index is 12.8. The van der Waals surface area contributed by atoms with Crippen LogP contribution in [0.2, 0.25) is 0 Å². The number of phenolic OH excluding ortho intramolecular Hbond substituents is 1. The molecule has 5 rings (SSSR count). The van der Waals surface area contributed by atoms with Crippen molar-refractivity contribution >= 4 is 5.78 Å². The number of benzene rings is 2. The fourth-order valence-corrected chi connectivity index (χ4v) is 6.33. The molecule has 3 atom stereocenters. The molecule has 2 aliphatic carbocycles. The topological polar surface area (TPSA) is 59.0 Å². The molecule has 1 saturated heterocycles. The Kier molecular flexibility index (Phi) is 4.64. The van der Waals surface area contributed by atoms with E-state index in [1.165, 1.54) is 0 Å². The molecule has 2 fully saturated rings. The molecular formula is C25H29NO4. The largest absolute Gasteiger partial charge is 0.504 e. The van der Waals surface area contributed by atoms with Gasteiger partial charge in [0.2, 0.25) is 0 Å². The van der Waals surface area contributed by atoms with Crippen LogP contribution in [0.3, 0.4) is 0 Å². The molecule has 158 valence electrons. The number of carbonyl (C=O) groups excluding carboxylic acids is 1. The number of hydrogen-bond acceptors (Lipinski definition) is 5. The van der Waals surface area contributed by atoms with Gasteiger partial charge in [0.1, 0.15) is 5.78 Å². The first-order valence-electron chi connectivity index (χ1n) is 10.8. The Balaban J connectivity index is 1.68. The van der Waals surface area contributed by atoms with E-state index < -0.39 is 11.0 Å². The molecule has 1 saturated carbocycles. The van der Waals surface area contributed by atoms with Crippen molar-refractivity contribution in [2.24, 2.45) is 0 Å². The quantitative estimate of drug-likeness (QED) is 0.839. The van der Waals surface area contributed by atoms with Crippen molar-refractivity contribution in [3.05, 3.63) is 59.2 Å². The van der Waals surface area contributed by atoms with Gasteiger partial charge < -0.3 is 19.5 Å². The predicted octanol–water partition coefficient (Wildman–Crippen LogP) is 3.61. The molecular weight excluding hydrogens is 378 g/mol. The third-order valence-corrected chi connectivity index (χ3v) is 7.72. The average molecular weight is 408 g/mol. The highest BCUT2D eigenvalue weighted by Crippen LogP contribution is 2.61. The molecule has 3 aliphatic rings. The van der Waals surface area contributed by atoms with Gasteiger partial charge in [-0.25, -0.2) is 0 Å². The molecule has 1 heterocycles. The van der Waals surface area contributed by atoms with Crippen LogP contribution in [0.25, 0.3) is 0 Å². The molecule has 0 aromatic heterocycles. The van der Waals surface area contributed by atoms with Crippen LogP contribution in [0.1, 0.15) is 42.4 Å². The number of aromatic hydroxyl groups is 1. The van der Waals surface area contributed by atoms with E-state index in [1.54, 1.807) is 7.11 Å². The molecule has 0 spiro atoms. The minimum atomic E-state index is -0.527. The molecule has 1 N–H and O–H groups in total. The number of methoxy groups -OCH3 is 1. The summed E-state index contributed by atoms with van der Waals surface area (Å²) in [4.78, 5) is 15.2. The smallest absolute Gasteiger partial charge is 0.161 e. The number of ether oxygens (including phenoxy) is 2. The molecule has 1 aliphatic heterocycles. The Hall–Kier alpha value is -2.37. The number of Topliss-reactive ketones (excluding diaryl/α,β-unsaturated/α-hetero) is 1. The van der Waals surface area contributed by atoms with Crippen LogP contribution < -0.4 is 4.74 Å². The molecule has 0 unspecified atom stereocenters. The van der Waals surface area contributed by atoms with Crippen LogP contribution in [-0.2, 0) is 28.0 Å². The van der Waals surface area contributed by atoms with Gasteiger partial charge in [0.05, 0.1) is 19.3 Å². The second-order valence-corrected chi connectivity index (χ2v) is 9.06. The number of likely N-dealkylation sites (N-methyl/N-ethyl adjacent to an activating group) is 1. The lowest BCUT2D eigenvalue weighted by Gasteiger charge is -2.64. The van der Waals surface area contributed by atoms with Gasteiger partial charge in [-0.3, -0.25) is 4.79 Å². The molecule has 5 nitrogen and oxygen atoms in total. The summed E-state index contributed by atoms with van der Waals surface area (Å²) in [6.07, 6.45) is 3.22. The zero-order valence-corrected chi connectivity index (χ0v) is 17.7. The normalized spacial score (nSPS) is 30.5. The van der Waals surface area contributed by atoms with Crippen LogP contribution in [-0.4, -0.2) is 48.1 Å². The van der Waals surface area contributed by atoms with Gasteiger partial charge in [-0.15, -0.1) is 0 Å². The lowest BCUT2D eigenvalue weighted by atomic mass is 9.49. The Morgan fingerprint density at radius 1 is 1.17 bits per heavy atom. The summed E-state index contributed by atoms with van der Waals surface area (Å²) >= 11 is 0. The maximum Gasteiger partial charge on any atom is 0.161 e. The van der Waals surface area contributed by atoms with Crippen LogP contribution in [0.15, 0.2) is 42.5 Å². The van der Waals surface area contributed by atoms with Gasteiger partial charge in [0, 0.05) is 29.9 Å². The second-order valence-electron chi connectivity index (χ2n) is 9.06. The van der Waals surface area contributed by atoms with E-state index in [0.717, 1.165) is 36.1 Å². The minimum Gasteiger partial charge on any atom is -0.504 e. The number of fused-ring (bicyclic) bond motifs is 1. The average Bonchev–Trinajstić information content (AvgIpc) is 2.76. The Bertz CT molecular complexity index is 975. The fraction of sp³-hybridized carbons (Fsp3) is 0.480. The molecule has 30 heavy (non-hydrogen) atoms. The summed E-state index contributed by atoms with van der Waals surface area (Å²) in [6.45, 7) is 1.38. The number of ketones is 1. The standard InChI is InChI=1S/C25H29NO4/c1-26-13-12-24-15-19(27)10-11-25(24,30-16-17-6-4-3-5-7-17)21(26)14-18-8-9-20(29-2)23(28)22(18)24/h3-9,21,28H,10-16H2,1-2H3/t21-,24-,25-/m1/s1. The Morgan fingerprint density at radius 3 is 2.73 bits per heavy atom. The number of rotatable bonds is 4. The number of likely N-dealkylation sites (tertiary alicyclic amines) is 1. The highest BCUT2D eigenvalue weighted by atomic mass is 16.5. The third kappa shape index (κ3) is 2.65. The Labute approximate surface area is 177 Å². The fourth-order valence-electron chi connectivity index (χ4n) is 6.33. The highest BCUT2D eigenvalue weighted by Gasteiger charge is 2.66. The summed E-state index contributed by atoms with van der Waals surface area (Å²) in [5, 5.41) is 11.2. The van der Waals surface area contributed by atoms with Crippen LogP contribution in [0.5, 0.6) is 11.5 Å². The highest BCUT2D eigenvalue weighted by molar-refractivity contribution is 5.83. The van der Waals surface area contributed by atoms with E-state index >= 15 is 0 Å². The summed E-state index contributed by atoms with van der Waals surface area (Å²) in [6, 6.07) is 14.3. The van der Waals surface area contributed by atoms with Crippen molar-refractivity contribution in [1.82, 2.24) is 4.90 Å². The number of piperidine rings is 1. The summed E-state index contributed by atoms with van der Waals surface area (Å²) in [5.41, 5.74) is 2.08. The maximum atomic E-state index is 12.8. The lowest BCUT2D eigenvalue weighted by Crippen LogP contribution is -2.73. The minimum absolute atomic E-state index is 0.170. The van der Waals surface area contributed by atoms with E-state index in [4.69, 9.17) is 9.47 Å². The monoisotopic (exact) mass is 407 g/mol. The van der Waals surface area contributed by atoms with Crippen LogP contribution in [0, 0.1) is 0 Å². The van der Waals surface area contributed by atoms with E-state index in [1.807, 2.05) is 24.3 Å². The van der Waals surface area contributed by atoms with E-state index in [9.17, 15) is 9.90 Å². The molecule has 2 aromatic rings. The summed E-state index contributed by atoms with van der Waals surface area (Å²) in [7, 11) is 3.73. The third-order valence-electron chi connectivity index (χ3n) is 7.72. The van der Waals surface area contributed by atoms with Crippen molar-refractivity contribution in [2.75, 3.05) is 20.7 Å². The van der Waals surface area contributed by atoms with Crippen molar-refractivity contribution in [3.63, 3.8) is 0 Å². The van der Waals surface area contributed by atoms with Crippen LogP contribution in [0.4, 0.5) is 0 Å². The second kappa shape index (κ2) is 7.10. The zero-order chi connectivity index (χ0) is 20.9. The number of nitrogens with zero attached hydrogens (tertiary/aromatic N) is 1. The van der Waals surface area contributed by atoms with Gasteiger partial charge in [-0.2, -0.15) is 0 Å². The molecule has 2 bridgehead atoms. The van der Waals surface area contributed by atoms with Crippen molar-refractivity contribution in [3.8, 4) is 11.5 Å². The first kappa shape index (κ1) is 19.6. The number of carbonyl (C=O) groups is 1. The Morgan fingerprint density at radius 2 is 1.97 bits per heavy atom. The van der Waals surface area contributed by atoms with Gasteiger partial charge in [-0.1, -0.05) is 36.4 Å². The predicted molar refractivity (Wildman–Crippen MR) is 114 cm³/mol. The SMILES string of the molecule is COc1ccc2c(c1O)[C@]13CCN(C)[C@H](C2)[C@]1(OCc1ccccc1)CCC(=O)C3. The summed E-state index contributed by atoms with van der Waals surface area (Å²) < 4.78 is 12.3. The van der Waals surface area contributed by atoms with Gasteiger partial charge in [-0.05, 0) is 50.0 Å².